The second-order valence-corrected chi connectivity index (χ2v) is 13.3. The lowest BCUT2D eigenvalue weighted by Gasteiger charge is -2.36. The predicted molar refractivity (Wildman–Crippen MR) is 148 cm³/mol. The highest BCUT2D eigenvalue weighted by molar-refractivity contribution is 5.98. The summed E-state index contributed by atoms with van der Waals surface area (Å²) < 4.78 is 0. The van der Waals surface area contributed by atoms with Crippen molar-refractivity contribution in [1.82, 2.24) is 0 Å². The molecular formula is C30H47N3O3. The maximum absolute atomic E-state index is 13.1. The van der Waals surface area contributed by atoms with Crippen molar-refractivity contribution in [3.8, 4) is 0 Å². The van der Waals surface area contributed by atoms with Crippen molar-refractivity contribution in [1.29, 1.82) is 0 Å². The van der Waals surface area contributed by atoms with Crippen molar-refractivity contribution in [2.75, 3.05) is 16.0 Å². The molecule has 1 aromatic rings. The molecule has 0 saturated heterocycles. The minimum absolute atomic E-state index is 0.0101. The normalized spacial score (nSPS) is 25.1. The van der Waals surface area contributed by atoms with Crippen LogP contribution in [0.4, 0.5) is 17.1 Å². The maximum Gasteiger partial charge on any atom is 0.227 e. The zero-order valence-electron chi connectivity index (χ0n) is 23.4. The monoisotopic (exact) mass is 497 g/mol. The molecule has 2 aliphatic rings. The van der Waals surface area contributed by atoms with Gasteiger partial charge in [0, 0.05) is 35.8 Å². The van der Waals surface area contributed by atoms with E-state index in [0.717, 1.165) is 51.4 Å². The van der Waals surface area contributed by atoms with E-state index in [1.165, 1.54) is 6.92 Å². The van der Waals surface area contributed by atoms with Crippen LogP contribution in [0.5, 0.6) is 0 Å². The molecule has 36 heavy (non-hydrogen) atoms. The molecule has 2 aliphatic carbocycles. The average molecular weight is 498 g/mol. The van der Waals surface area contributed by atoms with Gasteiger partial charge in [0.1, 0.15) is 0 Å². The van der Waals surface area contributed by atoms with Gasteiger partial charge in [-0.25, -0.2) is 0 Å². The van der Waals surface area contributed by atoms with Crippen LogP contribution in [-0.2, 0) is 14.4 Å². The van der Waals surface area contributed by atoms with E-state index < -0.39 is 0 Å². The minimum Gasteiger partial charge on any atom is -0.326 e. The van der Waals surface area contributed by atoms with Crippen molar-refractivity contribution in [3.05, 3.63) is 18.2 Å². The van der Waals surface area contributed by atoms with Gasteiger partial charge in [0.15, 0.2) is 0 Å². The number of carbonyl (C=O) groups excluding carboxylic acids is 3. The van der Waals surface area contributed by atoms with Crippen LogP contribution in [0.1, 0.15) is 99.8 Å². The Morgan fingerprint density at radius 3 is 1.17 bits per heavy atom. The van der Waals surface area contributed by atoms with Gasteiger partial charge in [0.2, 0.25) is 17.7 Å². The van der Waals surface area contributed by atoms with Gasteiger partial charge in [-0.2, -0.15) is 0 Å². The highest BCUT2D eigenvalue weighted by atomic mass is 16.2. The number of carbonyl (C=O) groups is 3. The fourth-order valence-corrected chi connectivity index (χ4v) is 5.98. The first-order valence-corrected chi connectivity index (χ1v) is 13.8. The molecule has 0 radical (unpaired) electrons. The zero-order chi connectivity index (χ0) is 26.7. The van der Waals surface area contributed by atoms with E-state index in [9.17, 15) is 14.4 Å². The first kappa shape index (κ1) is 28.2. The molecule has 0 unspecified atom stereocenters. The molecule has 3 N–H and O–H groups in total. The van der Waals surface area contributed by atoms with Crippen molar-refractivity contribution in [3.63, 3.8) is 0 Å². The van der Waals surface area contributed by atoms with Crippen LogP contribution in [0, 0.1) is 34.5 Å². The Labute approximate surface area is 217 Å². The first-order chi connectivity index (χ1) is 16.7. The lowest BCUT2D eigenvalue weighted by molar-refractivity contribution is -0.122. The quantitative estimate of drug-likeness (QED) is 0.401. The number of benzene rings is 1. The molecule has 1 aromatic carbocycles. The second-order valence-electron chi connectivity index (χ2n) is 13.3. The number of anilines is 3. The van der Waals surface area contributed by atoms with Crippen LogP contribution in [0.3, 0.4) is 0 Å². The number of hydrogen-bond donors (Lipinski definition) is 3. The van der Waals surface area contributed by atoms with Crippen molar-refractivity contribution >= 4 is 34.8 Å². The van der Waals surface area contributed by atoms with E-state index in [1.54, 1.807) is 18.2 Å². The summed E-state index contributed by atoms with van der Waals surface area (Å²) in [6, 6.07) is 5.30. The molecule has 3 rings (SSSR count). The number of nitrogens with one attached hydrogen (secondary N) is 3. The highest BCUT2D eigenvalue weighted by Crippen LogP contribution is 2.41. The lowest BCUT2D eigenvalue weighted by atomic mass is 9.69. The largest absolute Gasteiger partial charge is 0.326 e. The van der Waals surface area contributed by atoms with Crippen molar-refractivity contribution in [2.45, 2.75) is 99.8 Å². The van der Waals surface area contributed by atoms with Crippen LogP contribution in [-0.4, -0.2) is 17.7 Å². The van der Waals surface area contributed by atoms with Gasteiger partial charge < -0.3 is 16.0 Å². The number of hydrogen-bond acceptors (Lipinski definition) is 3. The van der Waals surface area contributed by atoms with E-state index in [1.807, 2.05) is 0 Å². The summed E-state index contributed by atoms with van der Waals surface area (Å²) in [6.07, 6.45) is 7.80. The Kier molecular flexibility index (Phi) is 8.89. The molecule has 0 aliphatic heterocycles. The summed E-state index contributed by atoms with van der Waals surface area (Å²) in [5, 5.41) is 8.90. The second kappa shape index (κ2) is 11.4. The topological polar surface area (TPSA) is 87.3 Å². The summed E-state index contributed by atoms with van der Waals surface area (Å²) >= 11 is 0. The van der Waals surface area contributed by atoms with Crippen LogP contribution in [0.2, 0.25) is 0 Å². The molecule has 2 fully saturated rings. The smallest absolute Gasteiger partial charge is 0.227 e. The van der Waals surface area contributed by atoms with Crippen molar-refractivity contribution < 1.29 is 14.4 Å². The molecule has 0 spiro atoms. The molecule has 6 nitrogen and oxygen atoms in total. The standard InChI is InChI=1S/C30H47N3O3/c1-19(34)31-24-16-25(32-27(35)20-8-12-22(13-9-20)29(2,3)4)18-26(17-24)33-28(36)21-10-14-23(15-11-21)30(5,6)7/h16-18,20-23H,8-15H2,1-7H3,(H,31,34)(H,32,35)(H,33,36)/t20-,21-,22-,23-. The van der Waals surface area contributed by atoms with Gasteiger partial charge in [0.25, 0.3) is 0 Å². The Bertz CT molecular complexity index is 875. The molecule has 2 saturated carbocycles. The van der Waals surface area contributed by atoms with E-state index in [0.29, 0.717) is 28.9 Å². The lowest BCUT2D eigenvalue weighted by Crippen LogP contribution is -2.32. The fraction of sp³-hybridized carbons (Fsp3) is 0.700. The summed E-state index contributed by atoms with van der Waals surface area (Å²) in [6.45, 7) is 15.1. The van der Waals surface area contributed by atoms with E-state index in [-0.39, 0.29) is 40.4 Å². The van der Waals surface area contributed by atoms with Crippen LogP contribution >= 0.6 is 0 Å². The van der Waals surface area contributed by atoms with E-state index in [2.05, 4.69) is 57.5 Å². The highest BCUT2D eigenvalue weighted by Gasteiger charge is 2.33. The predicted octanol–water partition coefficient (Wildman–Crippen LogP) is 7.23. The maximum atomic E-state index is 13.1. The molecule has 0 heterocycles. The Balaban J connectivity index is 1.65. The van der Waals surface area contributed by atoms with Crippen molar-refractivity contribution in [2.24, 2.45) is 34.5 Å². The summed E-state index contributed by atoms with van der Waals surface area (Å²) in [5.74, 6) is 1.10. The van der Waals surface area contributed by atoms with Gasteiger partial charge >= 0.3 is 0 Å². The van der Waals surface area contributed by atoms with Gasteiger partial charge in [-0.05, 0) is 92.2 Å². The Morgan fingerprint density at radius 2 is 0.889 bits per heavy atom. The Hall–Kier alpha value is -2.37. The first-order valence-electron chi connectivity index (χ1n) is 13.8. The summed E-state index contributed by atoms with van der Waals surface area (Å²) in [5.41, 5.74) is 2.29. The van der Waals surface area contributed by atoms with E-state index in [4.69, 9.17) is 0 Å². The molecule has 0 atom stereocenters. The van der Waals surface area contributed by atoms with Gasteiger partial charge in [-0.1, -0.05) is 41.5 Å². The zero-order valence-corrected chi connectivity index (χ0v) is 23.4. The SMILES string of the molecule is CC(=O)Nc1cc(NC(=O)[C@H]2CC[C@H](C(C)(C)C)CC2)cc(NC(=O)[C@H]2CC[C@H](C(C)(C)C)CC2)c1. The number of rotatable bonds is 5. The third-order valence-electron chi connectivity index (χ3n) is 8.43. The summed E-state index contributed by atoms with van der Waals surface area (Å²) in [7, 11) is 0. The van der Waals surface area contributed by atoms with Crippen LogP contribution in [0.15, 0.2) is 18.2 Å². The third kappa shape index (κ3) is 7.81. The minimum atomic E-state index is -0.197. The van der Waals surface area contributed by atoms with E-state index >= 15 is 0 Å². The number of amides is 3. The average Bonchev–Trinajstić information content (AvgIpc) is 2.77. The summed E-state index contributed by atoms with van der Waals surface area (Å²) in [4.78, 5) is 37.8. The van der Waals surface area contributed by atoms with Gasteiger partial charge in [-0.15, -0.1) is 0 Å². The van der Waals surface area contributed by atoms with Gasteiger partial charge in [-0.3, -0.25) is 14.4 Å². The van der Waals surface area contributed by atoms with Crippen LogP contribution < -0.4 is 16.0 Å². The molecule has 3 amide bonds. The molecular weight excluding hydrogens is 450 g/mol. The molecule has 6 heteroatoms. The molecule has 0 aromatic heterocycles. The molecule has 200 valence electrons. The van der Waals surface area contributed by atoms with Crippen LogP contribution in [0.25, 0.3) is 0 Å². The third-order valence-corrected chi connectivity index (χ3v) is 8.43. The molecule has 0 bridgehead atoms. The van der Waals surface area contributed by atoms with Gasteiger partial charge in [0.05, 0.1) is 0 Å². The fourth-order valence-electron chi connectivity index (χ4n) is 5.98. The Morgan fingerprint density at radius 1 is 0.583 bits per heavy atom.